The van der Waals surface area contributed by atoms with E-state index in [1.165, 1.54) is 36.8 Å². The van der Waals surface area contributed by atoms with E-state index in [4.69, 9.17) is 11.5 Å². The molecule has 1 fully saturated rings. The van der Waals surface area contributed by atoms with Crippen LogP contribution in [0.3, 0.4) is 0 Å². The van der Waals surface area contributed by atoms with E-state index in [2.05, 4.69) is 32.5 Å². The van der Waals surface area contributed by atoms with Gasteiger partial charge in [-0.05, 0) is 43.2 Å². The number of nitrogens with one attached hydrogen (secondary N) is 3. The number of halogens is 3. The minimum Gasteiger partial charge on any atom is -0.404 e. The van der Waals surface area contributed by atoms with Crippen molar-refractivity contribution in [1.29, 1.82) is 0 Å². The van der Waals surface area contributed by atoms with E-state index < -0.39 is 35.0 Å². The van der Waals surface area contributed by atoms with E-state index in [1.54, 1.807) is 0 Å². The fraction of sp³-hybridized carbons (Fsp3) is 0.208. The number of rotatable bonds is 10. The average Bonchev–Trinajstić information content (AvgIpc) is 3.64. The molecule has 0 saturated heterocycles. The minimum atomic E-state index is -4.72. The average molecular weight is 515 g/mol. The number of hydrogen-bond donors (Lipinski definition) is 5. The monoisotopic (exact) mass is 515 g/mol. The number of aromatic nitrogens is 1. The summed E-state index contributed by atoms with van der Waals surface area (Å²) in [7, 11) is 0. The topological polar surface area (TPSA) is 165 Å². The zero-order valence-electron chi connectivity index (χ0n) is 19.4. The van der Waals surface area contributed by atoms with Crippen molar-refractivity contribution >= 4 is 35.3 Å². The Morgan fingerprint density at radius 1 is 1.19 bits per heavy atom. The third-order valence-electron chi connectivity index (χ3n) is 5.44. The van der Waals surface area contributed by atoms with Crippen LogP contribution in [0.2, 0.25) is 0 Å². The molecule has 37 heavy (non-hydrogen) atoms. The lowest BCUT2D eigenvalue weighted by molar-refractivity contribution is -0.137. The number of pyridine rings is 1. The number of primary amides is 1. The van der Waals surface area contributed by atoms with Crippen LogP contribution in [0.15, 0.2) is 66.1 Å². The standard InChI is InChI=1S/C24H24F3N7O3/c1-2-30-11-15(10-28)21(36)34-23(7-8-23)22(37)32-12-16-4-5-17(13-31-16)33-19-6-3-14(20(29)35)9-18(19)24(25,26)27/h2-6,9-11,13,33H,1,7-8,12,28H2,(H2,29,35)(H,32,37)(H,34,36)/b15-10+,30-11-. The van der Waals surface area contributed by atoms with Crippen LogP contribution in [-0.4, -0.2) is 34.5 Å². The predicted molar refractivity (Wildman–Crippen MR) is 130 cm³/mol. The first-order valence-electron chi connectivity index (χ1n) is 10.9. The number of amides is 3. The fourth-order valence-corrected chi connectivity index (χ4v) is 3.27. The molecule has 1 saturated carbocycles. The smallest absolute Gasteiger partial charge is 0.404 e. The molecule has 0 atom stereocenters. The number of carbonyl (C=O) groups excluding carboxylic acids is 3. The highest BCUT2D eigenvalue weighted by Gasteiger charge is 2.51. The van der Waals surface area contributed by atoms with Crippen LogP contribution in [0.1, 0.15) is 34.5 Å². The highest BCUT2D eigenvalue weighted by molar-refractivity contribution is 6.13. The summed E-state index contributed by atoms with van der Waals surface area (Å²) in [5.74, 6) is -1.95. The quantitative estimate of drug-likeness (QED) is 0.241. The first kappa shape index (κ1) is 26.9. The predicted octanol–water partition coefficient (Wildman–Crippen LogP) is 2.26. The molecule has 3 amide bonds. The van der Waals surface area contributed by atoms with Gasteiger partial charge in [-0.1, -0.05) is 6.58 Å². The van der Waals surface area contributed by atoms with Crippen molar-refractivity contribution < 1.29 is 27.6 Å². The van der Waals surface area contributed by atoms with Crippen molar-refractivity contribution in [2.24, 2.45) is 16.5 Å². The number of nitrogens with two attached hydrogens (primary N) is 2. The lowest BCUT2D eigenvalue weighted by Gasteiger charge is -2.17. The van der Waals surface area contributed by atoms with E-state index in [9.17, 15) is 27.6 Å². The lowest BCUT2D eigenvalue weighted by atomic mass is 10.1. The van der Waals surface area contributed by atoms with Crippen molar-refractivity contribution in [2.45, 2.75) is 31.1 Å². The first-order chi connectivity index (χ1) is 17.5. The van der Waals surface area contributed by atoms with E-state index in [-0.39, 0.29) is 29.1 Å². The molecule has 7 N–H and O–H groups in total. The third kappa shape index (κ3) is 6.72. The molecule has 0 unspecified atom stereocenters. The van der Waals surface area contributed by atoms with Gasteiger partial charge >= 0.3 is 6.18 Å². The van der Waals surface area contributed by atoms with Gasteiger partial charge in [0.1, 0.15) is 5.54 Å². The fourth-order valence-electron chi connectivity index (χ4n) is 3.27. The van der Waals surface area contributed by atoms with Gasteiger partial charge in [0.05, 0.1) is 40.9 Å². The number of benzene rings is 1. The summed E-state index contributed by atoms with van der Waals surface area (Å²) >= 11 is 0. The number of nitrogens with zero attached hydrogens (tertiary/aromatic N) is 2. The SMILES string of the molecule is C=C/N=C\C(=C/N)C(=O)NC1(C(=O)NCc2ccc(Nc3ccc(C(N)=O)cc3C(F)(F)F)cn2)CC1. The number of aliphatic imine (C=N–C) groups is 1. The second kappa shape index (κ2) is 10.9. The van der Waals surface area contributed by atoms with Gasteiger partial charge in [-0.15, -0.1) is 0 Å². The van der Waals surface area contributed by atoms with Gasteiger partial charge in [0.15, 0.2) is 0 Å². The molecule has 0 spiro atoms. The van der Waals surface area contributed by atoms with E-state index in [1.807, 2.05) is 0 Å². The van der Waals surface area contributed by atoms with Crippen molar-refractivity contribution in [2.75, 3.05) is 5.32 Å². The van der Waals surface area contributed by atoms with Crippen LogP contribution in [0.25, 0.3) is 0 Å². The Kier molecular flexibility index (Phi) is 7.95. The number of hydrogen-bond acceptors (Lipinski definition) is 7. The second-order valence-electron chi connectivity index (χ2n) is 8.09. The van der Waals surface area contributed by atoms with Gasteiger partial charge < -0.3 is 27.4 Å². The maximum absolute atomic E-state index is 13.4. The van der Waals surface area contributed by atoms with E-state index >= 15 is 0 Å². The summed E-state index contributed by atoms with van der Waals surface area (Å²) in [4.78, 5) is 44.2. The molecule has 194 valence electrons. The Labute approximate surface area is 209 Å². The molecule has 0 aliphatic heterocycles. The summed E-state index contributed by atoms with van der Waals surface area (Å²) in [6.45, 7) is 3.43. The van der Waals surface area contributed by atoms with Crippen molar-refractivity contribution in [3.8, 4) is 0 Å². The van der Waals surface area contributed by atoms with Gasteiger partial charge in [-0.3, -0.25) is 24.4 Å². The Balaban J connectivity index is 1.62. The van der Waals surface area contributed by atoms with Crippen molar-refractivity contribution in [3.05, 3.63) is 77.9 Å². The van der Waals surface area contributed by atoms with E-state index in [0.29, 0.717) is 24.6 Å². The van der Waals surface area contributed by atoms with Gasteiger partial charge in [0.2, 0.25) is 11.8 Å². The van der Waals surface area contributed by atoms with Crippen LogP contribution in [0, 0.1) is 0 Å². The largest absolute Gasteiger partial charge is 0.418 e. The Bertz CT molecular complexity index is 1270. The molecule has 1 heterocycles. The molecule has 13 heteroatoms. The lowest BCUT2D eigenvalue weighted by Crippen LogP contribution is -2.49. The van der Waals surface area contributed by atoms with Crippen LogP contribution in [-0.2, 0) is 22.3 Å². The molecule has 0 bridgehead atoms. The summed E-state index contributed by atoms with van der Waals surface area (Å²) in [5, 5.41) is 7.97. The molecule has 1 aliphatic carbocycles. The molecule has 1 aliphatic rings. The Morgan fingerprint density at radius 2 is 1.92 bits per heavy atom. The molecular formula is C24H24F3N7O3. The molecule has 10 nitrogen and oxygen atoms in total. The number of carbonyl (C=O) groups is 3. The molecule has 1 aromatic heterocycles. The van der Waals surface area contributed by atoms with E-state index in [0.717, 1.165) is 12.3 Å². The first-order valence-corrected chi connectivity index (χ1v) is 10.9. The molecule has 1 aromatic carbocycles. The highest BCUT2D eigenvalue weighted by atomic mass is 19.4. The Morgan fingerprint density at radius 3 is 2.46 bits per heavy atom. The van der Waals surface area contributed by atoms with Gasteiger partial charge in [-0.2, -0.15) is 13.2 Å². The van der Waals surface area contributed by atoms with Crippen LogP contribution in [0.4, 0.5) is 24.5 Å². The number of anilines is 2. The van der Waals surface area contributed by atoms with Gasteiger partial charge in [0, 0.05) is 24.2 Å². The summed E-state index contributed by atoms with van der Waals surface area (Å²) in [6.07, 6.45) is 0.980. The summed E-state index contributed by atoms with van der Waals surface area (Å²) < 4.78 is 40.3. The van der Waals surface area contributed by atoms with Crippen molar-refractivity contribution in [1.82, 2.24) is 15.6 Å². The van der Waals surface area contributed by atoms with Crippen LogP contribution >= 0.6 is 0 Å². The zero-order chi connectivity index (χ0) is 27.2. The van der Waals surface area contributed by atoms with Crippen LogP contribution < -0.4 is 27.4 Å². The zero-order valence-corrected chi connectivity index (χ0v) is 19.4. The molecular weight excluding hydrogens is 491 g/mol. The Hall–Kier alpha value is -4.68. The maximum Gasteiger partial charge on any atom is 0.418 e. The third-order valence-corrected chi connectivity index (χ3v) is 5.44. The minimum absolute atomic E-state index is 0.0232. The summed E-state index contributed by atoms with van der Waals surface area (Å²) in [6, 6.07) is 5.97. The summed E-state index contributed by atoms with van der Waals surface area (Å²) in [5.41, 5.74) is 8.60. The van der Waals surface area contributed by atoms with Crippen LogP contribution in [0.5, 0.6) is 0 Å². The molecule has 0 radical (unpaired) electrons. The van der Waals surface area contributed by atoms with Gasteiger partial charge in [0.25, 0.3) is 5.91 Å². The van der Waals surface area contributed by atoms with Crippen molar-refractivity contribution in [3.63, 3.8) is 0 Å². The molecule has 2 aromatic rings. The van der Waals surface area contributed by atoms with Gasteiger partial charge in [-0.25, -0.2) is 0 Å². The number of alkyl halides is 3. The molecule has 3 rings (SSSR count). The highest BCUT2D eigenvalue weighted by Crippen LogP contribution is 2.37. The second-order valence-corrected chi connectivity index (χ2v) is 8.09. The maximum atomic E-state index is 13.4. The normalized spacial score (nSPS) is 14.6.